The molecule has 0 atom stereocenters. The third kappa shape index (κ3) is 5.60. The molecule has 31 heavy (non-hydrogen) atoms. The van der Waals surface area contributed by atoms with Crippen LogP contribution in [0.25, 0.3) is 0 Å². The van der Waals surface area contributed by atoms with Crippen LogP contribution in [0.4, 0.5) is 5.69 Å². The molecule has 0 bridgehead atoms. The van der Waals surface area contributed by atoms with E-state index in [-0.39, 0.29) is 17.3 Å². The molecule has 0 aliphatic carbocycles. The van der Waals surface area contributed by atoms with Gasteiger partial charge in [-0.15, -0.1) is 0 Å². The van der Waals surface area contributed by atoms with Crippen LogP contribution in [-0.2, 0) is 19.6 Å². The number of benzene rings is 2. The van der Waals surface area contributed by atoms with Crippen molar-refractivity contribution in [3.05, 3.63) is 54.1 Å². The predicted octanol–water partition coefficient (Wildman–Crippen LogP) is 1.43. The first-order valence-electron chi connectivity index (χ1n) is 9.68. The van der Waals surface area contributed by atoms with E-state index in [1.54, 1.807) is 36.4 Å². The molecule has 1 fully saturated rings. The van der Waals surface area contributed by atoms with Crippen molar-refractivity contribution in [3.63, 3.8) is 0 Å². The number of anilines is 1. The lowest BCUT2D eigenvalue weighted by atomic mass is 10.2. The Morgan fingerprint density at radius 1 is 0.935 bits per heavy atom. The van der Waals surface area contributed by atoms with Gasteiger partial charge >= 0.3 is 5.97 Å². The number of methoxy groups -OCH3 is 2. The number of carbonyl (C=O) groups excluding carboxylic acids is 2. The Morgan fingerprint density at radius 3 is 2.10 bits per heavy atom. The lowest BCUT2D eigenvalue weighted by molar-refractivity contribution is -0.117. The highest BCUT2D eigenvalue weighted by Crippen LogP contribution is 2.20. The summed E-state index contributed by atoms with van der Waals surface area (Å²) in [6.45, 7) is 1.65. The summed E-state index contributed by atoms with van der Waals surface area (Å²) in [5.41, 5.74) is 0.966. The van der Waals surface area contributed by atoms with E-state index in [0.717, 1.165) is 0 Å². The lowest BCUT2D eigenvalue weighted by Gasteiger charge is -2.33. The predicted molar refractivity (Wildman–Crippen MR) is 115 cm³/mol. The number of carbonyl (C=O) groups is 2. The first-order valence-corrected chi connectivity index (χ1v) is 11.1. The minimum atomic E-state index is -3.59. The normalized spacial score (nSPS) is 15.3. The van der Waals surface area contributed by atoms with Crippen LogP contribution in [0.15, 0.2) is 53.4 Å². The van der Waals surface area contributed by atoms with Gasteiger partial charge in [0, 0.05) is 31.9 Å². The summed E-state index contributed by atoms with van der Waals surface area (Å²) in [6, 6.07) is 12.7. The van der Waals surface area contributed by atoms with Crippen molar-refractivity contribution >= 4 is 27.6 Å². The zero-order chi connectivity index (χ0) is 22.4. The van der Waals surface area contributed by atoms with Crippen LogP contribution in [0.3, 0.4) is 0 Å². The van der Waals surface area contributed by atoms with Crippen LogP contribution in [-0.4, -0.2) is 76.4 Å². The van der Waals surface area contributed by atoms with Crippen molar-refractivity contribution in [3.8, 4) is 5.75 Å². The first-order chi connectivity index (χ1) is 14.8. The topological polar surface area (TPSA) is 105 Å². The monoisotopic (exact) mass is 447 g/mol. The molecule has 1 aliphatic rings. The van der Waals surface area contributed by atoms with Crippen LogP contribution in [0.1, 0.15) is 10.4 Å². The number of nitrogens with one attached hydrogen (secondary N) is 1. The van der Waals surface area contributed by atoms with Gasteiger partial charge < -0.3 is 14.8 Å². The molecule has 1 heterocycles. The fourth-order valence-corrected chi connectivity index (χ4v) is 4.66. The van der Waals surface area contributed by atoms with Crippen LogP contribution < -0.4 is 10.1 Å². The Hall–Kier alpha value is -2.95. The van der Waals surface area contributed by atoms with E-state index < -0.39 is 16.0 Å². The van der Waals surface area contributed by atoms with Gasteiger partial charge in [0.15, 0.2) is 0 Å². The Bertz CT molecular complexity index is 1010. The summed E-state index contributed by atoms with van der Waals surface area (Å²) >= 11 is 0. The van der Waals surface area contributed by atoms with Gasteiger partial charge in [0.2, 0.25) is 15.9 Å². The van der Waals surface area contributed by atoms with Gasteiger partial charge in [-0.25, -0.2) is 13.2 Å². The highest BCUT2D eigenvalue weighted by molar-refractivity contribution is 7.89. The molecule has 1 aliphatic heterocycles. The van der Waals surface area contributed by atoms with E-state index in [4.69, 9.17) is 4.74 Å². The number of ether oxygens (including phenoxy) is 2. The third-order valence-electron chi connectivity index (χ3n) is 4.99. The van der Waals surface area contributed by atoms with Gasteiger partial charge in [-0.05, 0) is 48.5 Å². The maximum atomic E-state index is 12.8. The lowest BCUT2D eigenvalue weighted by Crippen LogP contribution is -2.50. The molecular weight excluding hydrogens is 422 g/mol. The van der Waals surface area contributed by atoms with Crippen LogP contribution in [0, 0.1) is 0 Å². The smallest absolute Gasteiger partial charge is 0.337 e. The Kier molecular flexibility index (Phi) is 7.26. The molecule has 9 nitrogen and oxygen atoms in total. The first kappa shape index (κ1) is 22.7. The molecule has 2 aromatic rings. The summed E-state index contributed by atoms with van der Waals surface area (Å²) in [4.78, 5) is 25.9. The average Bonchev–Trinajstić information content (AvgIpc) is 2.79. The SMILES string of the molecule is COC(=O)c1ccc(NC(=O)CN2CCN(S(=O)(=O)c3ccc(OC)cc3)CC2)cc1. The second kappa shape index (κ2) is 9.90. The Labute approximate surface area is 181 Å². The zero-order valence-corrected chi connectivity index (χ0v) is 18.2. The quantitative estimate of drug-likeness (QED) is 0.640. The molecule has 3 rings (SSSR count). The second-order valence-corrected chi connectivity index (χ2v) is 8.91. The van der Waals surface area contributed by atoms with Gasteiger partial charge in [0.25, 0.3) is 0 Å². The fourth-order valence-electron chi connectivity index (χ4n) is 3.24. The van der Waals surface area contributed by atoms with E-state index in [9.17, 15) is 18.0 Å². The largest absolute Gasteiger partial charge is 0.497 e. The minimum absolute atomic E-state index is 0.148. The van der Waals surface area contributed by atoms with Crippen molar-refractivity contribution in [2.75, 3.05) is 52.3 Å². The average molecular weight is 448 g/mol. The highest BCUT2D eigenvalue weighted by Gasteiger charge is 2.29. The number of hydrogen-bond acceptors (Lipinski definition) is 7. The van der Waals surface area contributed by atoms with Crippen molar-refractivity contribution in [1.82, 2.24) is 9.21 Å². The second-order valence-electron chi connectivity index (χ2n) is 6.97. The number of nitrogens with zero attached hydrogens (tertiary/aromatic N) is 2. The number of rotatable bonds is 7. The molecule has 0 spiro atoms. The minimum Gasteiger partial charge on any atom is -0.497 e. The summed E-state index contributed by atoms with van der Waals surface area (Å²) in [5.74, 6) is -0.0627. The number of esters is 1. The number of piperazine rings is 1. The molecule has 1 amide bonds. The van der Waals surface area contributed by atoms with E-state index >= 15 is 0 Å². The van der Waals surface area contributed by atoms with E-state index in [1.807, 2.05) is 4.90 Å². The van der Waals surface area contributed by atoms with E-state index in [2.05, 4.69) is 10.1 Å². The summed E-state index contributed by atoms with van der Waals surface area (Å²) in [5, 5.41) is 2.78. The van der Waals surface area contributed by atoms with Gasteiger partial charge in [-0.1, -0.05) is 0 Å². The Morgan fingerprint density at radius 2 is 1.55 bits per heavy atom. The number of hydrogen-bond donors (Lipinski definition) is 1. The molecule has 0 saturated carbocycles. The molecule has 166 valence electrons. The number of sulfonamides is 1. The molecule has 0 radical (unpaired) electrons. The maximum Gasteiger partial charge on any atom is 0.337 e. The van der Waals surface area contributed by atoms with Crippen molar-refractivity contribution in [2.24, 2.45) is 0 Å². The molecule has 0 unspecified atom stereocenters. The fraction of sp³-hybridized carbons (Fsp3) is 0.333. The maximum absolute atomic E-state index is 12.8. The molecule has 10 heteroatoms. The third-order valence-corrected chi connectivity index (χ3v) is 6.90. The van der Waals surface area contributed by atoms with Gasteiger partial charge in [0.05, 0.1) is 31.2 Å². The molecule has 1 saturated heterocycles. The standard InChI is InChI=1S/C21H25N3O6S/c1-29-18-7-9-19(10-8-18)31(27,28)24-13-11-23(12-14-24)15-20(25)22-17-5-3-16(4-6-17)21(26)30-2/h3-10H,11-15H2,1-2H3,(H,22,25). The molecule has 0 aromatic heterocycles. The van der Waals surface area contributed by atoms with E-state index in [0.29, 0.717) is 43.2 Å². The highest BCUT2D eigenvalue weighted by atomic mass is 32.2. The molecule has 1 N–H and O–H groups in total. The van der Waals surface area contributed by atoms with Crippen molar-refractivity contribution in [2.45, 2.75) is 4.90 Å². The summed E-state index contributed by atoms with van der Waals surface area (Å²) < 4.78 is 36.8. The van der Waals surface area contributed by atoms with Crippen LogP contribution in [0.2, 0.25) is 0 Å². The summed E-state index contributed by atoms with van der Waals surface area (Å²) in [7, 11) is -0.758. The summed E-state index contributed by atoms with van der Waals surface area (Å²) in [6.07, 6.45) is 0. The van der Waals surface area contributed by atoms with E-state index in [1.165, 1.54) is 30.7 Å². The molecular formula is C21H25N3O6S. The van der Waals surface area contributed by atoms with Crippen LogP contribution in [0.5, 0.6) is 5.75 Å². The van der Waals surface area contributed by atoms with Gasteiger partial charge in [-0.3, -0.25) is 9.69 Å². The zero-order valence-electron chi connectivity index (χ0n) is 17.4. The number of amides is 1. The van der Waals surface area contributed by atoms with Crippen molar-refractivity contribution < 1.29 is 27.5 Å². The Balaban J connectivity index is 1.51. The van der Waals surface area contributed by atoms with Crippen LogP contribution >= 0.6 is 0 Å². The van der Waals surface area contributed by atoms with Gasteiger partial charge in [-0.2, -0.15) is 4.31 Å². The molecule has 2 aromatic carbocycles. The van der Waals surface area contributed by atoms with Crippen molar-refractivity contribution in [1.29, 1.82) is 0 Å². The van der Waals surface area contributed by atoms with Gasteiger partial charge in [0.1, 0.15) is 5.75 Å².